The van der Waals surface area contributed by atoms with Crippen molar-refractivity contribution in [1.82, 2.24) is 0 Å². The first-order valence-electron chi connectivity index (χ1n) is 5.77. The van der Waals surface area contributed by atoms with E-state index in [2.05, 4.69) is 11.8 Å². The van der Waals surface area contributed by atoms with Crippen LogP contribution in [0.4, 0.5) is 5.69 Å². The minimum Gasteiger partial charge on any atom is -0.474 e. The zero-order chi connectivity index (χ0) is 14.4. The molecule has 0 atom stereocenters. The second-order valence-electron chi connectivity index (χ2n) is 3.83. The Morgan fingerprint density at radius 2 is 1.95 bits per heavy atom. The number of halogens is 1. The lowest BCUT2D eigenvalue weighted by Gasteiger charge is -2.03. The van der Waals surface area contributed by atoms with Gasteiger partial charge in [0.25, 0.3) is 0 Å². The Hall–Kier alpha value is -2.51. The van der Waals surface area contributed by atoms with Gasteiger partial charge in [-0.05, 0) is 18.2 Å². The molecule has 0 saturated heterocycles. The van der Waals surface area contributed by atoms with Crippen molar-refractivity contribution in [1.29, 1.82) is 0 Å². The van der Waals surface area contributed by atoms with E-state index in [1.54, 1.807) is 0 Å². The molecule has 0 aliphatic carbocycles. The highest BCUT2D eigenvalue weighted by Gasteiger charge is 2.14. The van der Waals surface area contributed by atoms with E-state index < -0.39 is 4.92 Å². The number of benzene rings is 2. The molecule has 100 valence electrons. The highest BCUT2D eigenvalue weighted by molar-refractivity contribution is 6.30. The van der Waals surface area contributed by atoms with Gasteiger partial charge in [0, 0.05) is 22.7 Å². The molecule has 0 saturated carbocycles. The maximum atomic E-state index is 10.8. The lowest BCUT2D eigenvalue weighted by atomic mass is 10.2. The van der Waals surface area contributed by atoms with Crippen LogP contribution in [0.15, 0.2) is 48.5 Å². The molecule has 0 spiro atoms. The summed E-state index contributed by atoms with van der Waals surface area (Å²) in [5, 5.41) is 11.2. The molecular weight excluding hydrogens is 278 g/mol. The van der Waals surface area contributed by atoms with Crippen LogP contribution < -0.4 is 4.74 Å². The van der Waals surface area contributed by atoms with Gasteiger partial charge in [0.2, 0.25) is 0 Å². The average molecular weight is 288 g/mol. The van der Waals surface area contributed by atoms with Crippen molar-refractivity contribution in [2.24, 2.45) is 0 Å². The van der Waals surface area contributed by atoms with E-state index in [1.807, 2.05) is 30.3 Å². The fraction of sp³-hybridized carbons (Fsp3) is 0.0667. The Morgan fingerprint density at radius 3 is 2.65 bits per heavy atom. The summed E-state index contributed by atoms with van der Waals surface area (Å²) in [6, 6.07) is 13.6. The topological polar surface area (TPSA) is 52.4 Å². The lowest BCUT2D eigenvalue weighted by molar-refractivity contribution is -0.385. The third-order valence-corrected chi connectivity index (χ3v) is 2.66. The molecule has 0 heterocycles. The minimum absolute atomic E-state index is 0.0517. The summed E-state index contributed by atoms with van der Waals surface area (Å²) in [6.07, 6.45) is 0. The van der Waals surface area contributed by atoms with Gasteiger partial charge in [0.05, 0.1) is 4.92 Å². The summed E-state index contributed by atoms with van der Waals surface area (Å²) in [6.45, 7) is 0.0517. The van der Waals surface area contributed by atoms with Crippen molar-refractivity contribution < 1.29 is 9.66 Å². The van der Waals surface area contributed by atoms with Crippen LogP contribution in [0, 0.1) is 22.0 Å². The van der Waals surface area contributed by atoms with Crippen molar-refractivity contribution in [2.75, 3.05) is 6.61 Å². The van der Waals surface area contributed by atoms with Crippen LogP contribution in [-0.2, 0) is 0 Å². The van der Waals surface area contributed by atoms with E-state index in [0.717, 1.165) is 5.56 Å². The molecule has 2 rings (SSSR count). The van der Waals surface area contributed by atoms with Gasteiger partial charge < -0.3 is 4.74 Å². The number of hydrogen-bond donors (Lipinski definition) is 0. The van der Waals surface area contributed by atoms with Gasteiger partial charge in [-0.15, -0.1) is 0 Å². The lowest BCUT2D eigenvalue weighted by Crippen LogP contribution is -1.98. The summed E-state index contributed by atoms with van der Waals surface area (Å²) >= 11 is 5.79. The van der Waals surface area contributed by atoms with E-state index in [-0.39, 0.29) is 18.0 Å². The number of rotatable bonds is 3. The zero-order valence-corrected chi connectivity index (χ0v) is 11.1. The molecule has 2 aromatic rings. The predicted octanol–water partition coefficient (Wildman–Crippen LogP) is 3.68. The Balaban J connectivity index is 2.06. The van der Waals surface area contributed by atoms with Crippen LogP contribution in [0.3, 0.4) is 0 Å². The molecule has 0 bridgehead atoms. The zero-order valence-electron chi connectivity index (χ0n) is 10.4. The highest BCUT2D eigenvalue weighted by Crippen LogP contribution is 2.29. The van der Waals surface area contributed by atoms with Gasteiger partial charge in [-0.2, -0.15) is 0 Å². The summed E-state index contributed by atoms with van der Waals surface area (Å²) in [5.74, 6) is 5.81. The summed E-state index contributed by atoms with van der Waals surface area (Å²) in [5.41, 5.74) is 0.729. The molecular formula is C15H10ClNO3. The van der Waals surface area contributed by atoms with Gasteiger partial charge >= 0.3 is 5.69 Å². The van der Waals surface area contributed by atoms with Gasteiger partial charge in [-0.25, -0.2) is 0 Å². The molecule has 0 aliphatic rings. The molecule has 0 fully saturated rings. The molecule has 5 heteroatoms. The maximum absolute atomic E-state index is 10.8. The van der Waals surface area contributed by atoms with Crippen LogP contribution in [0.1, 0.15) is 5.56 Å². The van der Waals surface area contributed by atoms with E-state index in [9.17, 15) is 10.1 Å². The average Bonchev–Trinajstić information content (AvgIpc) is 2.44. The molecule has 0 aliphatic heterocycles. The third kappa shape index (κ3) is 3.74. The van der Waals surface area contributed by atoms with Crippen LogP contribution in [0.5, 0.6) is 5.75 Å². The van der Waals surface area contributed by atoms with Crippen molar-refractivity contribution in [3.8, 4) is 17.6 Å². The quantitative estimate of drug-likeness (QED) is 0.491. The van der Waals surface area contributed by atoms with Crippen molar-refractivity contribution in [3.05, 3.63) is 69.2 Å². The molecule has 20 heavy (non-hydrogen) atoms. The number of nitro groups is 1. The van der Waals surface area contributed by atoms with E-state index in [4.69, 9.17) is 16.3 Å². The van der Waals surface area contributed by atoms with Crippen LogP contribution in [0.2, 0.25) is 5.02 Å². The Morgan fingerprint density at radius 1 is 1.20 bits per heavy atom. The van der Waals surface area contributed by atoms with E-state index >= 15 is 0 Å². The fourth-order valence-electron chi connectivity index (χ4n) is 1.53. The second kappa shape index (κ2) is 6.60. The number of nitro benzene ring substituents is 1. The number of nitrogens with zero attached hydrogens (tertiary/aromatic N) is 1. The normalized spacial score (nSPS) is 9.45. The molecule has 2 aromatic carbocycles. The SMILES string of the molecule is O=[N+]([O-])c1ccc(Cl)cc1OCC#Cc1ccccc1. The van der Waals surface area contributed by atoms with E-state index in [1.165, 1.54) is 18.2 Å². The molecule has 0 radical (unpaired) electrons. The maximum Gasteiger partial charge on any atom is 0.311 e. The minimum atomic E-state index is -0.518. The molecule has 0 aromatic heterocycles. The van der Waals surface area contributed by atoms with Gasteiger partial charge in [0.1, 0.15) is 6.61 Å². The molecule has 0 unspecified atom stereocenters. The Labute approximate surface area is 121 Å². The summed E-state index contributed by atoms with van der Waals surface area (Å²) in [7, 11) is 0. The largest absolute Gasteiger partial charge is 0.474 e. The van der Waals surface area contributed by atoms with E-state index in [0.29, 0.717) is 5.02 Å². The number of hydrogen-bond acceptors (Lipinski definition) is 3. The van der Waals surface area contributed by atoms with Crippen LogP contribution in [-0.4, -0.2) is 11.5 Å². The summed E-state index contributed by atoms with van der Waals surface area (Å²) in [4.78, 5) is 10.3. The van der Waals surface area contributed by atoms with Gasteiger partial charge in [0.15, 0.2) is 5.75 Å². The first kappa shape index (κ1) is 13.9. The standard InChI is InChI=1S/C15H10ClNO3/c16-13-8-9-14(17(18)19)15(11-13)20-10-4-7-12-5-2-1-3-6-12/h1-3,5-6,8-9,11H,10H2. The Kier molecular flexibility index (Phi) is 4.59. The van der Waals surface area contributed by atoms with Crippen LogP contribution in [0.25, 0.3) is 0 Å². The number of ether oxygens (including phenoxy) is 1. The predicted molar refractivity (Wildman–Crippen MR) is 76.9 cm³/mol. The van der Waals surface area contributed by atoms with Crippen molar-refractivity contribution in [3.63, 3.8) is 0 Å². The molecule has 0 N–H and O–H groups in total. The second-order valence-corrected chi connectivity index (χ2v) is 4.26. The molecule has 4 nitrogen and oxygen atoms in total. The monoisotopic (exact) mass is 287 g/mol. The van der Waals surface area contributed by atoms with Crippen LogP contribution >= 0.6 is 11.6 Å². The fourth-order valence-corrected chi connectivity index (χ4v) is 1.69. The van der Waals surface area contributed by atoms with Gasteiger partial charge in [-0.1, -0.05) is 41.6 Å². The highest BCUT2D eigenvalue weighted by atomic mass is 35.5. The van der Waals surface area contributed by atoms with Crippen molar-refractivity contribution >= 4 is 17.3 Å². The first-order valence-corrected chi connectivity index (χ1v) is 6.15. The third-order valence-electron chi connectivity index (χ3n) is 2.42. The van der Waals surface area contributed by atoms with Crippen molar-refractivity contribution in [2.45, 2.75) is 0 Å². The summed E-state index contributed by atoms with van der Waals surface area (Å²) < 4.78 is 5.30. The Bertz CT molecular complexity index is 675. The smallest absolute Gasteiger partial charge is 0.311 e. The first-order chi connectivity index (χ1) is 9.66. The van der Waals surface area contributed by atoms with Gasteiger partial charge in [-0.3, -0.25) is 10.1 Å². The molecule has 0 amide bonds.